The Kier molecular flexibility index (Phi) is 7.38. The quantitative estimate of drug-likeness (QED) is 0.263. The van der Waals surface area contributed by atoms with Crippen molar-refractivity contribution in [3.63, 3.8) is 0 Å². The van der Waals surface area contributed by atoms with Gasteiger partial charge in [0.25, 0.3) is 11.8 Å². The summed E-state index contributed by atoms with van der Waals surface area (Å²) in [5, 5.41) is 3.28. The molecule has 0 aliphatic carbocycles. The topological polar surface area (TPSA) is 118 Å². The molecule has 0 spiro atoms. The summed E-state index contributed by atoms with van der Waals surface area (Å²) in [6, 6.07) is 17.0. The van der Waals surface area contributed by atoms with Gasteiger partial charge < -0.3 is 24.2 Å². The summed E-state index contributed by atoms with van der Waals surface area (Å²) < 4.78 is 34.2. The molecule has 3 heterocycles. The lowest BCUT2D eigenvalue weighted by Crippen LogP contribution is -2.40. The molecule has 1 fully saturated rings. The van der Waals surface area contributed by atoms with Crippen molar-refractivity contribution in [3.8, 4) is 11.3 Å². The van der Waals surface area contributed by atoms with Gasteiger partial charge in [0.15, 0.2) is 5.82 Å². The summed E-state index contributed by atoms with van der Waals surface area (Å²) >= 11 is -1.35. The number of piperidine rings is 1. The van der Waals surface area contributed by atoms with E-state index >= 15 is 0 Å². The van der Waals surface area contributed by atoms with Crippen LogP contribution in [-0.4, -0.2) is 64.7 Å². The van der Waals surface area contributed by atoms with Crippen LogP contribution in [0.2, 0.25) is 0 Å². The van der Waals surface area contributed by atoms with Crippen LogP contribution in [0, 0.1) is 5.82 Å². The van der Waals surface area contributed by atoms with Crippen LogP contribution >= 0.6 is 0 Å². The molecule has 42 heavy (non-hydrogen) atoms. The van der Waals surface area contributed by atoms with Crippen molar-refractivity contribution in [1.29, 1.82) is 0 Å². The third kappa shape index (κ3) is 4.99. The molecule has 0 radical (unpaired) electrons. The smallest absolute Gasteiger partial charge is 0.289 e. The van der Waals surface area contributed by atoms with Gasteiger partial charge >= 0.3 is 0 Å². The largest absolute Gasteiger partial charge is 0.593 e. The van der Waals surface area contributed by atoms with E-state index in [2.05, 4.69) is 15.3 Å². The number of fused-ring (bicyclic) bond motifs is 2. The molecule has 2 N–H and O–H groups in total. The van der Waals surface area contributed by atoms with Crippen molar-refractivity contribution in [3.05, 3.63) is 83.4 Å². The Morgan fingerprint density at radius 3 is 2.67 bits per heavy atom. The van der Waals surface area contributed by atoms with Gasteiger partial charge in [0, 0.05) is 43.1 Å². The number of rotatable bonds is 6. The molecule has 2 atom stereocenters. The van der Waals surface area contributed by atoms with Crippen molar-refractivity contribution < 1.29 is 22.9 Å². The van der Waals surface area contributed by atoms with E-state index in [1.165, 1.54) is 12.1 Å². The molecule has 3 aromatic carbocycles. The van der Waals surface area contributed by atoms with Crippen LogP contribution in [0.1, 0.15) is 45.3 Å². The maximum Gasteiger partial charge on any atom is 0.289 e. The third-order valence-electron chi connectivity index (χ3n) is 7.86. The average Bonchev–Trinajstić information content (AvgIpc) is 3.61. The number of amides is 2. The Morgan fingerprint density at radius 2 is 1.95 bits per heavy atom. The van der Waals surface area contributed by atoms with Crippen LogP contribution in [-0.2, 0) is 11.4 Å². The molecule has 0 unspecified atom stereocenters. The zero-order valence-electron chi connectivity index (χ0n) is 23.4. The molecule has 5 aromatic rings. The summed E-state index contributed by atoms with van der Waals surface area (Å²) in [4.78, 5) is 36.1. The van der Waals surface area contributed by atoms with Crippen molar-refractivity contribution in [2.45, 2.75) is 18.8 Å². The van der Waals surface area contributed by atoms with Gasteiger partial charge in [0.1, 0.15) is 23.4 Å². The number of imidazole rings is 1. The number of aromatic nitrogens is 2. The highest BCUT2D eigenvalue weighted by Crippen LogP contribution is 2.42. The maximum absolute atomic E-state index is 13.7. The van der Waals surface area contributed by atoms with Gasteiger partial charge in [-0.1, -0.05) is 12.1 Å². The number of hydrogen-bond acceptors (Lipinski definition) is 6. The van der Waals surface area contributed by atoms with E-state index in [0.717, 1.165) is 29.4 Å². The minimum Gasteiger partial charge on any atom is -0.593 e. The molecule has 216 valence electrons. The fraction of sp³-hybridized carbons (Fsp3) is 0.258. The SMILES string of the molecule is CNC(=O)c1c(-c2ccc(F)cc2)oc2cc(N(C)[S@+](C)[O-])c([C@H]3CCCN(C(=O)c4nc5ccccc5[nH]4)C3)cc12. The van der Waals surface area contributed by atoms with Crippen LogP contribution in [0.15, 0.2) is 65.1 Å². The van der Waals surface area contributed by atoms with Crippen molar-refractivity contribution in [2.75, 3.05) is 37.7 Å². The van der Waals surface area contributed by atoms with E-state index in [-0.39, 0.29) is 17.7 Å². The first kappa shape index (κ1) is 27.8. The summed E-state index contributed by atoms with van der Waals surface area (Å²) in [7, 11) is 3.28. The maximum atomic E-state index is 13.7. The van der Waals surface area contributed by atoms with E-state index in [0.29, 0.717) is 52.5 Å². The lowest BCUT2D eigenvalue weighted by atomic mass is 9.88. The Bertz CT molecular complexity index is 1770. The molecule has 1 saturated heterocycles. The minimum atomic E-state index is -1.35. The van der Waals surface area contributed by atoms with Crippen LogP contribution in [0.4, 0.5) is 10.1 Å². The molecular weight excluding hydrogens is 557 g/mol. The van der Waals surface area contributed by atoms with Gasteiger partial charge in [-0.3, -0.25) is 9.59 Å². The third-order valence-corrected chi connectivity index (χ3v) is 8.83. The number of nitrogens with zero attached hydrogens (tertiary/aromatic N) is 3. The van der Waals surface area contributed by atoms with E-state index in [1.54, 1.807) is 47.8 Å². The Balaban J connectivity index is 1.44. The fourth-order valence-electron chi connectivity index (χ4n) is 5.66. The Labute approximate surface area is 245 Å². The molecule has 2 amide bonds. The number of benzene rings is 3. The highest BCUT2D eigenvalue weighted by atomic mass is 32.2. The fourth-order valence-corrected chi connectivity index (χ4v) is 6.10. The lowest BCUT2D eigenvalue weighted by Gasteiger charge is -2.34. The molecule has 0 bridgehead atoms. The molecular formula is C31H30FN5O4S. The lowest BCUT2D eigenvalue weighted by molar-refractivity contribution is 0.0696. The minimum absolute atomic E-state index is 0.0980. The monoisotopic (exact) mass is 587 g/mol. The normalized spacial score (nSPS) is 16.1. The summed E-state index contributed by atoms with van der Waals surface area (Å²) in [6.07, 6.45) is 3.15. The van der Waals surface area contributed by atoms with E-state index in [9.17, 15) is 18.5 Å². The number of halogens is 1. The second-order valence-electron chi connectivity index (χ2n) is 10.4. The summed E-state index contributed by atoms with van der Waals surface area (Å²) in [5.74, 6) is -0.410. The predicted octanol–water partition coefficient (Wildman–Crippen LogP) is 5.22. The summed E-state index contributed by atoms with van der Waals surface area (Å²) in [5.41, 5.74) is 4.41. The summed E-state index contributed by atoms with van der Waals surface area (Å²) in [6.45, 7) is 1.01. The second kappa shape index (κ2) is 11.1. The van der Waals surface area contributed by atoms with Gasteiger partial charge in [-0.05, 0) is 60.9 Å². The number of carbonyl (C=O) groups is 2. The first-order valence-corrected chi connectivity index (χ1v) is 15.2. The molecule has 0 saturated carbocycles. The van der Waals surface area contributed by atoms with Crippen LogP contribution in [0.3, 0.4) is 0 Å². The highest BCUT2D eigenvalue weighted by molar-refractivity contribution is 7.92. The number of H-pyrrole nitrogens is 1. The van der Waals surface area contributed by atoms with Crippen LogP contribution in [0.25, 0.3) is 33.3 Å². The first-order chi connectivity index (χ1) is 20.2. The average molecular weight is 588 g/mol. The van der Waals surface area contributed by atoms with E-state index < -0.39 is 17.2 Å². The molecule has 2 aromatic heterocycles. The number of para-hydroxylation sites is 2. The number of furan rings is 1. The molecule has 1 aliphatic heterocycles. The van der Waals surface area contributed by atoms with E-state index in [1.807, 2.05) is 30.3 Å². The second-order valence-corrected chi connectivity index (χ2v) is 11.8. The molecule has 9 nitrogen and oxygen atoms in total. The molecule has 1 aliphatic rings. The first-order valence-electron chi connectivity index (χ1n) is 13.6. The number of nitrogens with one attached hydrogen (secondary N) is 2. The van der Waals surface area contributed by atoms with Crippen molar-refractivity contribution >= 4 is 50.9 Å². The standard InChI is InChI=1S/C31H30FN5O4S/c1-33-30(38)27-22-15-21(19-7-6-14-37(17-19)31(39)29-34-23-8-4-5-9-24(23)35-29)25(36(2)42(3)40)16-26(22)41-28(27)18-10-12-20(32)13-11-18/h4-5,8-13,15-16,19H,6-7,14,17H2,1-3H3,(H,33,38)(H,34,35)/t19-,42-/m0/s1. The van der Waals surface area contributed by atoms with Crippen LogP contribution in [0.5, 0.6) is 0 Å². The van der Waals surface area contributed by atoms with E-state index in [4.69, 9.17) is 4.42 Å². The number of carbonyl (C=O) groups excluding carboxylic acids is 2. The Morgan fingerprint density at radius 1 is 1.19 bits per heavy atom. The highest BCUT2D eigenvalue weighted by Gasteiger charge is 2.32. The zero-order chi connectivity index (χ0) is 29.5. The van der Waals surface area contributed by atoms with Gasteiger partial charge in [0.2, 0.25) is 0 Å². The van der Waals surface area contributed by atoms with Gasteiger partial charge in [0.05, 0.1) is 40.7 Å². The predicted molar refractivity (Wildman–Crippen MR) is 161 cm³/mol. The van der Waals surface area contributed by atoms with Gasteiger partial charge in [-0.2, -0.15) is 4.31 Å². The number of likely N-dealkylation sites (tertiary alicyclic amines) is 1. The van der Waals surface area contributed by atoms with Crippen LogP contribution < -0.4 is 9.62 Å². The molecule has 6 rings (SSSR count). The van der Waals surface area contributed by atoms with Gasteiger partial charge in [-0.15, -0.1) is 0 Å². The number of anilines is 1. The number of hydrogen-bond donors (Lipinski definition) is 2. The Hall–Kier alpha value is -4.35. The molecule has 11 heteroatoms. The zero-order valence-corrected chi connectivity index (χ0v) is 24.3. The number of aromatic amines is 1. The van der Waals surface area contributed by atoms with Crippen molar-refractivity contribution in [2.24, 2.45) is 0 Å². The van der Waals surface area contributed by atoms with Crippen molar-refractivity contribution in [1.82, 2.24) is 20.2 Å². The van der Waals surface area contributed by atoms with Gasteiger partial charge in [-0.25, -0.2) is 9.37 Å².